The largest absolute Gasteiger partial charge is 0.497 e. The molecular formula is C18H19N3OS. The van der Waals surface area contributed by atoms with Crippen LogP contribution in [0.5, 0.6) is 5.75 Å². The molecule has 0 aromatic heterocycles. The first kappa shape index (κ1) is 15.6. The Bertz CT molecular complexity index is 708. The van der Waals surface area contributed by atoms with E-state index in [9.17, 15) is 0 Å². The molecule has 0 fully saturated rings. The monoisotopic (exact) mass is 325 g/mol. The van der Waals surface area contributed by atoms with Gasteiger partial charge < -0.3 is 10.1 Å². The Morgan fingerprint density at radius 3 is 2.52 bits per heavy atom. The number of aliphatic imine (C=N–C) groups is 2. The summed E-state index contributed by atoms with van der Waals surface area (Å²) in [4.78, 5) is 8.94. The molecule has 3 rings (SSSR count). The van der Waals surface area contributed by atoms with Crippen LogP contribution in [0.4, 0.5) is 11.4 Å². The maximum Gasteiger partial charge on any atom is 0.161 e. The van der Waals surface area contributed by atoms with Gasteiger partial charge in [-0.05, 0) is 54.1 Å². The molecule has 4 nitrogen and oxygen atoms in total. The first-order valence-electron chi connectivity index (χ1n) is 7.49. The molecule has 0 aliphatic carbocycles. The van der Waals surface area contributed by atoms with Gasteiger partial charge in [-0.15, -0.1) is 0 Å². The Morgan fingerprint density at radius 1 is 1.17 bits per heavy atom. The molecule has 1 heterocycles. The van der Waals surface area contributed by atoms with Crippen molar-refractivity contribution in [1.29, 1.82) is 0 Å². The first-order chi connectivity index (χ1) is 11.2. The van der Waals surface area contributed by atoms with Crippen LogP contribution in [0.2, 0.25) is 0 Å². The number of benzene rings is 2. The predicted octanol–water partition coefficient (Wildman–Crippen LogP) is 4.35. The molecule has 2 aromatic carbocycles. The van der Waals surface area contributed by atoms with Gasteiger partial charge in [0.15, 0.2) is 5.17 Å². The number of hydrogen-bond acceptors (Lipinski definition) is 5. The van der Waals surface area contributed by atoms with Crippen LogP contribution in [0.1, 0.15) is 12.5 Å². The third-order valence-corrected chi connectivity index (χ3v) is 4.41. The van der Waals surface area contributed by atoms with Crippen molar-refractivity contribution < 1.29 is 4.74 Å². The van der Waals surface area contributed by atoms with E-state index in [1.165, 1.54) is 0 Å². The maximum absolute atomic E-state index is 5.14. The minimum absolute atomic E-state index is 0.561. The van der Waals surface area contributed by atoms with Gasteiger partial charge in [0.2, 0.25) is 0 Å². The SMILES string of the molecule is COc1ccc(C=Nc2ccc(NC3=NCC(C)S3)cc2)cc1. The molecule has 118 valence electrons. The molecule has 1 N–H and O–H groups in total. The molecule has 0 spiro atoms. The van der Waals surface area contributed by atoms with Crippen molar-refractivity contribution in [3.63, 3.8) is 0 Å². The fraction of sp³-hybridized carbons (Fsp3) is 0.222. The van der Waals surface area contributed by atoms with Crippen molar-refractivity contribution in [2.45, 2.75) is 12.2 Å². The Morgan fingerprint density at radius 2 is 1.91 bits per heavy atom. The summed E-state index contributed by atoms with van der Waals surface area (Å²) in [6.45, 7) is 3.07. The molecule has 0 radical (unpaired) electrons. The van der Waals surface area contributed by atoms with Gasteiger partial charge in [0.05, 0.1) is 19.3 Å². The number of thioether (sulfide) groups is 1. The highest BCUT2D eigenvalue weighted by molar-refractivity contribution is 8.15. The molecular weight excluding hydrogens is 306 g/mol. The number of amidine groups is 1. The standard InChI is InChI=1S/C18H19N3OS/c1-13-11-20-18(23-13)21-16-7-5-15(6-8-16)19-12-14-3-9-17(22-2)10-4-14/h3-10,12-13H,11H2,1-2H3,(H,20,21). The van der Waals surface area contributed by atoms with Gasteiger partial charge in [0.25, 0.3) is 0 Å². The summed E-state index contributed by atoms with van der Waals surface area (Å²) >= 11 is 1.77. The topological polar surface area (TPSA) is 46.0 Å². The van der Waals surface area contributed by atoms with Gasteiger partial charge in [-0.3, -0.25) is 9.98 Å². The smallest absolute Gasteiger partial charge is 0.161 e. The van der Waals surface area contributed by atoms with E-state index in [1.54, 1.807) is 18.9 Å². The van der Waals surface area contributed by atoms with Crippen molar-refractivity contribution in [1.82, 2.24) is 0 Å². The highest BCUT2D eigenvalue weighted by Crippen LogP contribution is 2.23. The van der Waals surface area contributed by atoms with Crippen LogP contribution in [-0.4, -0.2) is 30.3 Å². The Kier molecular flexibility index (Phi) is 4.98. The van der Waals surface area contributed by atoms with Crippen molar-refractivity contribution in [2.75, 3.05) is 19.0 Å². The number of nitrogens with zero attached hydrogens (tertiary/aromatic N) is 2. The summed E-state index contributed by atoms with van der Waals surface area (Å²) < 4.78 is 5.14. The van der Waals surface area contributed by atoms with Crippen LogP contribution in [0, 0.1) is 0 Å². The van der Waals surface area contributed by atoms with E-state index < -0.39 is 0 Å². The summed E-state index contributed by atoms with van der Waals surface area (Å²) in [6, 6.07) is 15.8. The van der Waals surface area contributed by atoms with E-state index in [2.05, 4.69) is 22.2 Å². The summed E-state index contributed by atoms with van der Waals surface area (Å²) in [7, 11) is 1.66. The van der Waals surface area contributed by atoms with E-state index in [0.717, 1.165) is 34.4 Å². The van der Waals surface area contributed by atoms with Gasteiger partial charge in [0.1, 0.15) is 5.75 Å². The summed E-state index contributed by atoms with van der Waals surface area (Å²) in [5.41, 5.74) is 2.99. The van der Waals surface area contributed by atoms with Gasteiger partial charge in [-0.1, -0.05) is 18.7 Å². The third-order valence-electron chi connectivity index (χ3n) is 3.40. The zero-order valence-corrected chi connectivity index (χ0v) is 14.0. The number of ether oxygens (including phenoxy) is 1. The molecule has 0 saturated heterocycles. The molecule has 2 aromatic rings. The molecule has 5 heteroatoms. The average molecular weight is 325 g/mol. The van der Waals surface area contributed by atoms with Crippen molar-refractivity contribution in [3.8, 4) is 5.75 Å². The van der Waals surface area contributed by atoms with Crippen LogP contribution in [0.3, 0.4) is 0 Å². The van der Waals surface area contributed by atoms with Crippen molar-refractivity contribution >= 4 is 34.5 Å². The van der Waals surface area contributed by atoms with Crippen LogP contribution in [-0.2, 0) is 0 Å². The summed E-state index contributed by atoms with van der Waals surface area (Å²) in [5.74, 6) is 0.847. The molecule has 1 unspecified atom stereocenters. The Hall–Kier alpha value is -2.27. The van der Waals surface area contributed by atoms with E-state index in [0.29, 0.717) is 5.25 Å². The number of hydrogen-bond donors (Lipinski definition) is 1. The molecule has 0 bridgehead atoms. The number of rotatable bonds is 4. The fourth-order valence-corrected chi connectivity index (χ4v) is 2.99. The third kappa shape index (κ3) is 4.36. The minimum Gasteiger partial charge on any atom is -0.497 e. The number of nitrogens with one attached hydrogen (secondary N) is 1. The van der Waals surface area contributed by atoms with Crippen LogP contribution < -0.4 is 10.1 Å². The Labute approximate surface area is 140 Å². The van der Waals surface area contributed by atoms with E-state index in [1.807, 2.05) is 54.7 Å². The molecule has 23 heavy (non-hydrogen) atoms. The summed E-state index contributed by atoms with van der Waals surface area (Å²) in [6.07, 6.45) is 1.85. The lowest BCUT2D eigenvalue weighted by Crippen LogP contribution is -2.05. The van der Waals surface area contributed by atoms with Gasteiger partial charge in [-0.25, -0.2) is 0 Å². The van der Waals surface area contributed by atoms with Crippen molar-refractivity contribution in [2.24, 2.45) is 9.98 Å². The average Bonchev–Trinajstić information content (AvgIpc) is 2.99. The summed E-state index contributed by atoms with van der Waals surface area (Å²) in [5, 5.41) is 4.89. The lowest BCUT2D eigenvalue weighted by atomic mass is 10.2. The highest BCUT2D eigenvalue weighted by Gasteiger charge is 2.14. The molecule has 1 atom stereocenters. The quantitative estimate of drug-likeness (QED) is 0.850. The lowest BCUT2D eigenvalue weighted by Gasteiger charge is -2.06. The van der Waals surface area contributed by atoms with Gasteiger partial charge >= 0.3 is 0 Å². The number of anilines is 1. The van der Waals surface area contributed by atoms with E-state index >= 15 is 0 Å². The predicted molar refractivity (Wildman–Crippen MR) is 99.7 cm³/mol. The first-order valence-corrected chi connectivity index (χ1v) is 8.37. The van der Waals surface area contributed by atoms with Gasteiger partial charge in [-0.2, -0.15) is 0 Å². The zero-order chi connectivity index (χ0) is 16.1. The second-order valence-corrected chi connectivity index (χ2v) is 6.70. The normalized spacial score (nSPS) is 17.3. The minimum atomic E-state index is 0.561. The van der Waals surface area contributed by atoms with Crippen LogP contribution in [0.25, 0.3) is 0 Å². The molecule has 1 aliphatic heterocycles. The van der Waals surface area contributed by atoms with E-state index in [-0.39, 0.29) is 0 Å². The van der Waals surface area contributed by atoms with E-state index in [4.69, 9.17) is 4.74 Å². The number of methoxy groups -OCH3 is 1. The maximum atomic E-state index is 5.14. The van der Waals surface area contributed by atoms with Crippen LogP contribution >= 0.6 is 11.8 Å². The second kappa shape index (κ2) is 7.33. The van der Waals surface area contributed by atoms with Crippen LogP contribution in [0.15, 0.2) is 58.5 Å². The second-order valence-electron chi connectivity index (χ2n) is 5.28. The molecule has 0 saturated carbocycles. The molecule has 1 aliphatic rings. The lowest BCUT2D eigenvalue weighted by molar-refractivity contribution is 0.415. The van der Waals surface area contributed by atoms with Gasteiger partial charge in [0, 0.05) is 17.2 Å². The zero-order valence-electron chi connectivity index (χ0n) is 13.2. The Balaban J connectivity index is 1.61. The molecule has 0 amide bonds. The van der Waals surface area contributed by atoms with Crippen molar-refractivity contribution in [3.05, 3.63) is 54.1 Å². The fourth-order valence-electron chi connectivity index (χ4n) is 2.14. The highest BCUT2D eigenvalue weighted by atomic mass is 32.2.